The van der Waals surface area contributed by atoms with E-state index in [1.807, 2.05) is 24.3 Å². The molecule has 6 heteroatoms. The van der Waals surface area contributed by atoms with Crippen LogP contribution >= 0.6 is 11.6 Å². The van der Waals surface area contributed by atoms with Crippen molar-refractivity contribution in [3.63, 3.8) is 0 Å². The van der Waals surface area contributed by atoms with Gasteiger partial charge < -0.3 is 15.0 Å². The van der Waals surface area contributed by atoms with Crippen molar-refractivity contribution in [3.05, 3.63) is 69.9 Å². The monoisotopic (exact) mass is 412 g/mol. The number of methoxy groups -OCH3 is 1. The van der Waals surface area contributed by atoms with Gasteiger partial charge in [-0.3, -0.25) is 4.79 Å². The highest BCUT2D eigenvalue weighted by molar-refractivity contribution is 6.31. The molecule has 29 heavy (non-hydrogen) atoms. The molecule has 5 nitrogen and oxygen atoms in total. The Morgan fingerprint density at radius 2 is 1.93 bits per heavy atom. The van der Waals surface area contributed by atoms with E-state index in [1.165, 1.54) is 7.11 Å². The molecule has 4 rings (SSSR count). The van der Waals surface area contributed by atoms with Gasteiger partial charge in [0.15, 0.2) is 0 Å². The fraction of sp³-hybridized carbons (Fsp3) is 0.304. The van der Waals surface area contributed by atoms with Crippen LogP contribution in [0.1, 0.15) is 59.3 Å². The van der Waals surface area contributed by atoms with Crippen LogP contribution in [0.25, 0.3) is 10.9 Å². The standard InChI is InChI=1S/C22H21ClN2O3.CH4/c1-22(2)11-13-5-4-12(21(27)28-3)9-16(13)19(22)25-20(26)18-10-14-8-15(23)6-7-17(14)24-18;/h4-10,19,24H,11H2,1-3H3,(H,25,26);1H4/t19-;/m0./s1. The molecule has 1 aliphatic carbocycles. The molecule has 0 fully saturated rings. The third kappa shape index (κ3) is 3.75. The Balaban J connectivity index is 0.00000240. The number of carbonyl (C=O) groups excluding carboxylic acids is 2. The fourth-order valence-electron chi connectivity index (χ4n) is 3.99. The lowest BCUT2D eigenvalue weighted by Gasteiger charge is -2.28. The Kier molecular flexibility index (Phi) is 5.46. The van der Waals surface area contributed by atoms with Crippen LogP contribution in [0, 0.1) is 5.41 Å². The minimum absolute atomic E-state index is 0. The molecule has 0 aliphatic heterocycles. The quantitative estimate of drug-likeness (QED) is 0.573. The van der Waals surface area contributed by atoms with Crippen LogP contribution in [0.4, 0.5) is 0 Å². The lowest BCUT2D eigenvalue weighted by atomic mass is 9.85. The number of ether oxygens (including phenoxy) is 1. The van der Waals surface area contributed by atoms with E-state index in [1.54, 1.807) is 18.2 Å². The predicted octanol–water partition coefficient (Wildman–Crippen LogP) is 5.30. The van der Waals surface area contributed by atoms with Gasteiger partial charge in [0.2, 0.25) is 0 Å². The van der Waals surface area contributed by atoms with Crippen LogP contribution in [-0.4, -0.2) is 24.0 Å². The summed E-state index contributed by atoms with van der Waals surface area (Å²) in [5.74, 6) is -0.577. The summed E-state index contributed by atoms with van der Waals surface area (Å²) >= 11 is 6.04. The van der Waals surface area contributed by atoms with Gasteiger partial charge in [0.05, 0.1) is 18.7 Å². The molecule has 1 heterocycles. The van der Waals surface area contributed by atoms with Crippen molar-refractivity contribution in [2.75, 3.05) is 7.11 Å². The molecule has 2 aromatic carbocycles. The summed E-state index contributed by atoms with van der Waals surface area (Å²) in [4.78, 5) is 28.0. The molecule has 1 aliphatic rings. The molecule has 1 amide bonds. The zero-order valence-electron chi connectivity index (χ0n) is 15.9. The number of rotatable bonds is 3. The second kappa shape index (κ2) is 7.56. The van der Waals surface area contributed by atoms with Crippen molar-refractivity contribution in [1.29, 1.82) is 0 Å². The molecular weight excluding hydrogens is 388 g/mol. The number of fused-ring (bicyclic) bond motifs is 2. The first-order chi connectivity index (χ1) is 13.3. The van der Waals surface area contributed by atoms with Crippen molar-refractivity contribution >= 4 is 34.4 Å². The molecule has 0 spiro atoms. The Bertz CT molecular complexity index is 1100. The van der Waals surface area contributed by atoms with Gasteiger partial charge >= 0.3 is 5.97 Å². The number of halogens is 1. The summed E-state index contributed by atoms with van der Waals surface area (Å²) in [5.41, 5.74) is 3.73. The van der Waals surface area contributed by atoms with Gasteiger partial charge in [0.1, 0.15) is 5.69 Å². The molecular formula is C23H25ClN2O3. The number of hydrogen-bond acceptors (Lipinski definition) is 3. The lowest BCUT2D eigenvalue weighted by Crippen LogP contribution is -2.35. The van der Waals surface area contributed by atoms with Crippen LogP contribution in [-0.2, 0) is 11.2 Å². The number of amides is 1. The maximum absolute atomic E-state index is 13.0. The highest BCUT2D eigenvalue weighted by atomic mass is 35.5. The second-order valence-electron chi connectivity index (χ2n) is 7.89. The zero-order valence-corrected chi connectivity index (χ0v) is 16.7. The number of hydrogen-bond donors (Lipinski definition) is 2. The fourth-order valence-corrected chi connectivity index (χ4v) is 4.17. The first-order valence-corrected chi connectivity index (χ1v) is 9.46. The van der Waals surface area contributed by atoms with Crippen LogP contribution in [0.5, 0.6) is 0 Å². The van der Waals surface area contributed by atoms with E-state index in [2.05, 4.69) is 24.1 Å². The van der Waals surface area contributed by atoms with E-state index in [0.29, 0.717) is 16.3 Å². The summed E-state index contributed by atoms with van der Waals surface area (Å²) in [6, 6.07) is 12.6. The second-order valence-corrected chi connectivity index (χ2v) is 8.33. The number of esters is 1. The number of H-pyrrole nitrogens is 1. The molecule has 2 N–H and O–H groups in total. The highest BCUT2D eigenvalue weighted by Gasteiger charge is 2.40. The number of aromatic amines is 1. The van der Waals surface area contributed by atoms with Gasteiger partial charge in [-0.05, 0) is 59.4 Å². The average molecular weight is 413 g/mol. The summed E-state index contributed by atoms with van der Waals surface area (Å²) in [6.45, 7) is 4.22. The Morgan fingerprint density at radius 3 is 2.66 bits per heavy atom. The van der Waals surface area contributed by atoms with E-state index in [4.69, 9.17) is 16.3 Å². The van der Waals surface area contributed by atoms with E-state index < -0.39 is 0 Å². The Hall–Kier alpha value is -2.79. The predicted molar refractivity (Wildman–Crippen MR) is 116 cm³/mol. The van der Waals surface area contributed by atoms with Gasteiger partial charge in [-0.15, -0.1) is 0 Å². The van der Waals surface area contributed by atoms with E-state index >= 15 is 0 Å². The third-order valence-electron chi connectivity index (χ3n) is 5.41. The van der Waals surface area contributed by atoms with Crippen molar-refractivity contribution in [3.8, 4) is 0 Å². The number of nitrogens with one attached hydrogen (secondary N) is 2. The number of carbonyl (C=O) groups is 2. The van der Waals surface area contributed by atoms with Gasteiger partial charge in [-0.25, -0.2) is 4.79 Å². The molecule has 0 radical (unpaired) electrons. The summed E-state index contributed by atoms with van der Waals surface area (Å²) < 4.78 is 4.83. The Morgan fingerprint density at radius 1 is 1.17 bits per heavy atom. The molecule has 0 saturated carbocycles. The van der Waals surface area contributed by atoms with Crippen molar-refractivity contribution in [2.45, 2.75) is 33.7 Å². The van der Waals surface area contributed by atoms with E-state index in [9.17, 15) is 9.59 Å². The number of benzene rings is 2. The van der Waals surface area contributed by atoms with Gasteiger partial charge in [-0.2, -0.15) is 0 Å². The highest BCUT2D eigenvalue weighted by Crippen LogP contribution is 2.45. The smallest absolute Gasteiger partial charge is 0.337 e. The molecule has 0 saturated heterocycles. The summed E-state index contributed by atoms with van der Waals surface area (Å²) in [7, 11) is 1.36. The van der Waals surface area contributed by atoms with Crippen molar-refractivity contribution < 1.29 is 14.3 Å². The summed E-state index contributed by atoms with van der Waals surface area (Å²) in [6.07, 6.45) is 0.817. The largest absolute Gasteiger partial charge is 0.465 e. The minimum Gasteiger partial charge on any atom is -0.465 e. The zero-order chi connectivity index (χ0) is 20.1. The average Bonchev–Trinajstić information content (AvgIpc) is 3.18. The minimum atomic E-state index is -0.384. The van der Waals surface area contributed by atoms with Gasteiger partial charge in [0, 0.05) is 15.9 Å². The van der Waals surface area contributed by atoms with Crippen LogP contribution < -0.4 is 5.32 Å². The summed E-state index contributed by atoms with van der Waals surface area (Å²) in [5, 5.41) is 4.66. The molecule has 1 aromatic heterocycles. The van der Waals surface area contributed by atoms with Crippen LogP contribution in [0.2, 0.25) is 5.02 Å². The molecule has 0 unspecified atom stereocenters. The third-order valence-corrected chi connectivity index (χ3v) is 5.64. The molecule has 1 atom stereocenters. The van der Waals surface area contributed by atoms with Crippen LogP contribution in [0.3, 0.4) is 0 Å². The van der Waals surface area contributed by atoms with Crippen LogP contribution in [0.15, 0.2) is 42.5 Å². The van der Waals surface area contributed by atoms with E-state index in [0.717, 1.165) is 28.5 Å². The Labute approximate surface area is 175 Å². The SMILES string of the molecule is C.COC(=O)c1ccc2c(c1)[C@H](NC(=O)c1cc3cc(Cl)ccc3[nH]1)C(C)(C)C2. The first kappa shape index (κ1) is 20.9. The normalized spacial score (nSPS) is 16.8. The lowest BCUT2D eigenvalue weighted by molar-refractivity contribution is 0.0600. The maximum atomic E-state index is 13.0. The number of aromatic nitrogens is 1. The molecule has 3 aromatic rings. The van der Waals surface area contributed by atoms with Crippen molar-refractivity contribution in [2.24, 2.45) is 5.41 Å². The molecule has 152 valence electrons. The van der Waals surface area contributed by atoms with Gasteiger partial charge in [0.25, 0.3) is 5.91 Å². The first-order valence-electron chi connectivity index (χ1n) is 9.09. The maximum Gasteiger partial charge on any atom is 0.337 e. The van der Waals surface area contributed by atoms with E-state index in [-0.39, 0.29) is 30.8 Å². The van der Waals surface area contributed by atoms with Gasteiger partial charge in [-0.1, -0.05) is 38.9 Å². The topological polar surface area (TPSA) is 71.2 Å². The molecule has 0 bridgehead atoms. The van der Waals surface area contributed by atoms with Crippen molar-refractivity contribution in [1.82, 2.24) is 10.3 Å².